The number of amides is 1. The van der Waals surface area contributed by atoms with Gasteiger partial charge in [0, 0.05) is 12.7 Å². The smallest absolute Gasteiger partial charge is 0.405 e. The number of anilines is 1. The molecule has 3 N–H and O–H groups in total. The van der Waals surface area contributed by atoms with Crippen LogP contribution in [0.2, 0.25) is 5.28 Å². The van der Waals surface area contributed by atoms with E-state index in [1.165, 1.54) is 0 Å². The van der Waals surface area contributed by atoms with Crippen LogP contribution in [0.15, 0.2) is 10.7 Å². The Labute approximate surface area is 124 Å². The van der Waals surface area contributed by atoms with E-state index in [1.807, 2.05) is 0 Å². The van der Waals surface area contributed by atoms with Crippen molar-refractivity contribution in [2.24, 2.45) is 0 Å². The van der Waals surface area contributed by atoms with Gasteiger partial charge in [-0.2, -0.15) is 4.98 Å². The Hall–Kier alpha value is -1.08. The van der Waals surface area contributed by atoms with Crippen molar-refractivity contribution in [3.05, 3.63) is 16.0 Å². The van der Waals surface area contributed by atoms with Gasteiger partial charge in [-0.05, 0) is 40.4 Å². The normalized spacial score (nSPS) is 17.2. The Morgan fingerprint density at radius 1 is 1.53 bits per heavy atom. The van der Waals surface area contributed by atoms with Gasteiger partial charge in [0.05, 0.1) is 10.0 Å². The summed E-state index contributed by atoms with van der Waals surface area (Å²) in [4.78, 5) is 18.8. The maximum absolute atomic E-state index is 10.9. The van der Waals surface area contributed by atoms with Crippen molar-refractivity contribution in [3.8, 4) is 0 Å². The molecule has 1 amide bonds. The monoisotopic (exact) mass is 348 g/mol. The molecule has 0 aromatic carbocycles. The predicted molar refractivity (Wildman–Crippen MR) is 75.6 cm³/mol. The maximum atomic E-state index is 10.9. The summed E-state index contributed by atoms with van der Waals surface area (Å²) in [7, 11) is 0. The van der Waals surface area contributed by atoms with Gasteiger partial charge in [0.25, 0.3) is 0 Å². The fraction of sp³-hybridized carbons (Fsp3) is 0.545. The highest BCUT2D eigenvalue weighted by Crippen LogP contribution is 2.30. The van der Waals surface area contributed by atoms with E-state index in [9.17, 15) is 4.79 Å². The van der Waals surface area contributed by atoms with Crippen LogP contribution in [-0.4, -0.2) is 33.3 Å². The van der Waals surface area contributed by atoms with Crippen LogP contribution < -0.4 is 10.6 Å². The zero-order valence-electron chi connectivity index (χ0n) is 10.1. The molecular weight excluding hydrogens is 336 g/mol. The summed E-state index contributed by atoms with van der Waals surface area (Å²) < 4.78 is 0.695. The molecule has 1 aliphatic rings. The molecule has 0 radical (unpaired) electrons. The molecular formula is C11H14BrClN4O2. The van der Waals surface area contributed by atoms with Crippen LogP contribution in [0.4, 0.5) is 10.6 Å². The molecule has 8 heteroatoms. The number of carbonyl (C=O) groups is 1. The molecule has 104 valence electrons. The first kappa shape index (κ1) is 14.3. The Balaban J connectivity index is 2.06. The van der Waals surface area contributed by atoms with E-state index in [4.69, 9.17) is 16.7 Å². The third-order valence-corrected chi connectivity index (χ3v) is 4.00. The lowest BCUT2D eigenvalue weighted by Crippen LogP contribution is -2.50. The molecule has 0 spiro atoms. The van der Waals surface area contributed by atoms with Crippen LogP contribution in [0, 0.1) is 0 Å². The van der Waals surface area contributed by atoms with Crippen LogP contribution in [0.5, 0.6) is 0 Å². The highest BCUT2D eigenvalue weighted by atomic mass is 79.9. The zero-order valence-corrected chi connectivity index (χ0v) is 12.5. The van der Waals surface area contributed by atoms with Crippen LogP contribution in [0.3, 0.4) is 0 Å². The molecule has 0 bridgehead atoms. The van der Waals surface area contributed by atoms with Gasteiger partial charge >= 0.3 is 6.09 Å². The van der Waals surface area contributed by atoms with Crippen LogP contribution in [0.1, 0.15) is 25.7 Å². The predicted octanol–water partition coefficient (Wildman–Crippen LogP) is 2.88. The minimum atomic E-state index is -0.997. The van der Waals surface area contributed by atoms with Crippen molar-refractivity contribution in [3.63, 3.8) is 0 Å². The first-order valence-electron chi connectivity index (χ1n) is 5.94. The molecule has 0 saturated heterocycles. The third-order valence-electron chi connectivity index (χ3n) is 3.24. The van der Waals surface area contributed by atoms with E-state index in [-0.39, 0.29) is 5.28 Å². The van der Waals surface area contributed by atoms with Gasteiger partial charge in [0.2, 0.25) is 5.28 Å². The summed E-state index contributed by atoms with van der Waals surface area (Å²) in [5, 5.41) is 14.8. The van der Waals surface area contributed by atoms with Crippen molar-refractivity contribution in [2.45, 2.75) is 31.2 Å². The Morgan fingerprint density at radius 3 is 2.84 bits per heavy atom. The maximum Gasteiger partial charge on any atom is 0.405 e. The fourth-order valence-corrected chi connectivity index (χ4v) is 2.81. The van der Waals surface area contributed by atoms with Gasteiger partial charge in [-0.3, -0.25) is 0 Å². The number of nitrogens with one attached hydrogen (secondary N) is 2. The second kappa shape index (κ2) is 5.92. The first-order chi connectivity index (χ1) is 9.01. The largest absolute Gasteiger partial charge is 0.465 e. The Kier molecular flexibility index (Phi) is 4.46. The molecule has 1 heterocycles. The Morgan fingerprint density at radius 2 is 2.21 bits per heavy atom. The van der Waals surface area contributed by atoms with Crippen molar-refractivity contribution >= 4 is 39.4 Å². The lowest BCUT2D eigenvalue weighted by Gasteiger charge is -2.29. The lowest BCUT2D eigenvalue weighted by molar-refractivity contribution is 0.179. The number of nitrogens with zero attached hydrogens (tertiary/aromatic N) is 2. The number of rotatable bonds is 4. The summed E-state index contributed by atoms with van der Waals surface area (Å²) in [5.41, 5.74) is -0.428. The zero-order chi connectivity index (χ0) is 13.9. The van der Waals surface area contributed by atoms with E-state index in [1.54, 1.807) is 6.20 Å². The molecule has 1 saturated carbocycles. The van der Waals surface area contributed by atoms with Crippen molar-refractivity contribution in [1.82, 2.24) is 15.3 Å². The highest BCUT2D eigenvalue weighted by molar-refractivity contribution is 9.10. The van der Waals surface area contributed by atoms with Gasteiger partial charge in [-0.15, -0.1) is 0 Å². The number of hydrogen-bond donors (Lipinski definition) is 3. The highest BCUT2D eigenvalue weighted by Gasteiger charge is 2.35. The van der Waals surface area contributed by atoms with E-state index in [0.29, 0.717) is 16.8 Å². The SMILES string of the molecule is O=C(O)NC1(CNc2nc(Cl)ncc2Br)CCCC1. The number of halogens is 2. The molecule has 0 aliphatic heterocycles. The average Bonchev–Trinajstić information content (AvgIpc) is 2.78. The third kappa shape index (κ3) is 3.70. The minimum absolute atomic E-state index is 0.150. The average molecular weight is 350 g/mol. The molecule has 1 fully saturated rings. The van der Waals surface area contributed by atoms with E-state index >= 15 is 0 Å². The minimum Gasteiger partial charge on any atom is -0.465 e. The standard InChI is InChI=1S/C11H14BrClN4O2/c12-7-5-14-9(13)16-8(7)15-6-11(17-10(18)19)3-1-2-4-11/h5,17H,1-4,6H2,(H,18,19)(H,14,15,16). The van der Waals surface area contributed by atoms with Gasteiger partial charge < -0.3 is 15.7 Å². The van der Waals surface area contributed by atoms with Gasteiger partial charge in [0.15, 0.2) is 0 Å². The molecule has 1 aromatic rings. The molecule has 0 atom stereocenters. The van der Waals surface area contributed by atoms with Crippen molar-refractivity contribution in [1.29, 1.82) is 0 Å². The second-order valence-electron chi connectivity index (χ2n) is 4.61. The van der Waals surface area contributed by atoms with Crippen molar-refractivity contribution < 1.29 is 9.90 Å². The molecule has 1 aliphatic carbocycles. The van der Waals surface area contributed by atoms with E-state index in [2.05, 4.69) is 36.5 Å². The quantitative estimate of drug-likeness (QED) is 0.728. The molecule has 19 heavy (non-hydrogen) atoms. The second-order valence-corrected chi connectivity index (χ2v) is 5.80. The van der Waals surface area contributed by atoms with Crippen LogP contribution >= 0.6 is 27.5 Å². The van der Waals surface area contributed by atoms with Gasteiger partial charge in [0.1, 0.15) is 5.82 Å². The Bertz CT molecular complexity index is 480. The van der Waals surface area contributed by atoms with Crippen LogP contribution in [-0.2, 0) is 0 Å². The summed E-state index contributed by atoms with van der Waals surface area (Å²) in [5.74, 6) is 0.568. The van der Waals surface area contributed by atoms with Gasteiger partial charge in [-0.1, -0.05) is 12.8 Å². The molecule has 6 nitrogen and oxygen atoms in total. The van der Waals surface area contributed by atoms with Crippen molar-refractivity contribution in [2.75, 3.05) is 11.9 Å². The van der Waals surface area contributed by atoms with Crippen LogP contribution in [0.25, 0.3) is 0 Å². The number of hydrogen-bond acceptors (Lipinski definition) is 4. The summed E-state index contributed by atoms with van der Waals surface area (Å²) in [6.45, 7) is 0.477. The number of carboxylic acid groups (broad SMARTS) is 1. The fourth-order valence-electron chi connectivity index (χ4n) is 2.35. The molecule has 0 unspecified atom stereocenters. The summed E-state index contributed by atoms with van der Waals surface area (Å²) in [6, 6.07) is 0. The number of aromatic nitrogens is 2. The molecule has 2 rings (SSSR count). The topological polar surface area (TPSA) is 87.1 Å². The summed E-state index contributed by atoms with van der Waals surface area (Å²) >= 11 is 9.06. The first-order valence-corrected chi connectivity index (χ1v) is 7.11. The van der Waals surface area contributed by atoms with E-state index in [0.717, 1.165) is 25.7 Å². The van der Waals surface area contributed by atoms with Gasteiger partial charge in [-0.25, -0.2) is 9.78 Å². The van der Waals surface area contributed by atoms with E-state index < -0.39 is 11.6 Å². The summed E-state index contributed by atoms with van der Waals surface area (Å²) in [6.07, 6.45) is 4.25. The molecule has 1 aromatic heterocycles. The lowest BCUT2D eigenvalue weighted by atomic mass is 9.98.